The monoisotopic (exact) mass is 299 g/mol. The van der Waals surface area contributed by atoms with Gasteiger partial charge in [-0.25, -0.2) is 0 Å². The fourth-order valence-electron chi connectivity index (χ4n) is 2.40. The van der Waals surface area contributed by atoms with Gasteiger partial charge < -0.3 is 21.3 Å². The second kappa shape index (κ2) is 8.63. The van der Waals surface area contributed by atoms with Gasteiger partial charge in [0.1, 0.15) is 6.04 Å². The highest BCUT2D eigenvalue weighted by atomic mass is 16.4. The van der Waals surface area contributed by atoms with Crippen molar-refractivity contribution >= 4 is 11.9 Å². The first-order valence-corrected chi connectivity index (χ1v) is 7.25. The summed E-state index contributed by atoms with van der Waals surface area (Å²) in [6, 6.07) is -0.749. The molecular formula is C14H25N3O4. The molecule has 5 N–H and O–H groups in total. The Labute approximate surface area is 124 Å². The third kappa shape index (κ3) is 7.10. The number of rotatable bonds is 8. The average molecular weight is 299 g/mol. The number of aliphatic hydroxyl groups excluding tert-OH is 1. The van der Waals surface area contributed by atoms with Crippen LogP contribution in [0.4, 0.5) is 0 Å². The predicted octanol–water partition coefficient (Wildman–Crippen LogP) is 0.221. The number of hydrogen-bond donors (Lipinski definition) is 4. The SMILES string of the molecule is C=C(O)CN1CCC(NC(=O)CCC[C@@H](N)C(=O)O)CC1. The molecule has 0 aromatic carbocycles. The van der Waals surface area contributed by atoms with Crippen LogP contribution in [0.1, 0.15) is 32.1 Å². The Bertz CT molecular complexity index is 378. The van der Waals surface area contributed by atoms with Crippen molar-refractivity contribution in [2.75, 3.05) is 19.6 Å². The molecule has 0 radical (unpaired) electrons. The summed E-state index contributed by atoms with van der Waals surface area (Å²) in [5, 5.41) is 20.7. The van der Waals surface area contributed by atoms with Gasteiger partial charge in [-0.2, -0.15) is 0 Å². The quantitative estimate of drug-likeness (QED) is 0.477. The van der Waals surface area contributed by atoms with Crippen molar-refractivity contribution in [2.24, 2.45) is 5.73 Å². The van der Waals surface area contributed by atoms with Gasteiger partial charge in [0.15, 0.2) is 0 Å². The molecule has 1 saturated heterocycles. The first-order valence-electron chi connectivity index (χ1n) is 7.25. The number of amides is 1. The van der Waals surface area contributed by atoms with Gasteiger partial charge in [-0.3, -0.25) is 14.5 Å². The number of carbonyl (C=O) groups is 2. The molecule has 0 aliphatic carbocycles. The second-order valence-electron chi connectivity index (χ2n) is 5.52. The zero-order valence-corrected chi connectivity index (χ0v) is 12.3. The van der Waals surface area contributed by atoms with E-state index in [0.717, 1.165) is 25.9 Å². The van der Waals surface area contributed by atoms with Gasteiger partial charge in [-0.15, -0.1) is 0 Å². The van der Waals surface area contributed by atoms with E-state index in [0.29, 0.717) is 25.8 Å². The number of nitrogens with one attached hydrogen (secondary N) is 1. The summed E-state index contributed by atoms with van der Waals surface area (Å²) in [5.74, 6) is -0.932. The van der Waals surface area contributed by atoms with E-state index in [-0.39, 0.29) is 17.7 Å². The van der Waals surface area contributed by atoms with Gasteiger partial charge in [-0.05, 0) is 25.7 Å². The minimum Gasteiger partial charge on any atom is -0.512 e. The van der Waals surface area contributed by atoms with E-state index in [1.54, 1.807) is 0 Å². The van der Waals surface area contributed by atoms with E-state index in [1.165, 1.54) is 0 Å². The topological polar surface area (TPSA) is 116 Å². The summed E-state index contributed by atoms with van der Waals surface area (Å²) in [4.78, 5) is 24.4. The zero-order valence-electron chi connectivity index (χ0n) is 12.3. The Morgan fingerprint density at radius 2 is 1.95 bits per heavy atom. The molecule has 1 amide bonds. The van der Waals surface area contributed by atoms with Gasteiger partial charge in [0, 0.05) is 25.6 Å². The largest absolute Gasteiger partial charge is 0.512 e. The number of carboxylic acid groups (broad SMARTS) is 1. The van der Waals surface area contributed by atoms with Crippen LogP contribution in [-0.2, 0) is 9.59 Å². The number of hydrogen-bond acceptors (Lipinski definition) is 5. The first-order chi connectivity index (χ1) is 9.88. The number of nitrogens with two attached hydrogens (primary N) is 1. The molecule has 21 heavy (non-hydrogen) atoms. The lowest BCUT2D eigenvalue weighted by atomic mass is 10.0. The Kier molecular flexibility index (Phi) is 7.18. The molecule has 7 heteroatoms. The van der Waals surface area contributed by atoms with Crippen LogP contribution in [0.15, 0.2) is 12.3 Å². The molecule has 7 nitrogen and oxygen atoms in total. The molecule has 1 aliphatic heterocycles. The van der Waals surface area contributed by atoms with Crippen molar-refractivity contribution in [1.82, 2.24) is 10.2 Å². The minimum absolute atomic E-state index is 0.0578. The summed E-state index contributed by atoms with van der Waals surface area (Å²) < 4.78 is 0. The highest BCUT2D eigenvalue weighted by molar-refractivity contribution is 5.76. The van der Waals surface area contributed by atoms with E-state index in [1.807, 2.05) is 0 Å². The maximum absolute atomic E-state index is 11.8. The van der Waals surface area contributed by atoms with Gasteiger partial charge >= 0.3 is 5.97 Å². The first kappa shape index (κ1) is 17.5. The van der Waals surface area contributed by atoms with E-state index >= 15 is 0 Å². The van der Waals surface area contributed by atoms with Crippen LogP contribution in [0.3, 0.4) is 0 Å². The third-order valence-electron chi connectivity index (χ3n) is 3.59. The van der Waals surface area contributed by atoms with E-state index in [9.17, 15) is 9.59 Å². The number of carbonyl (C=O) groups excluding carboxylic acids is 1. The lowest BCUT2D eigenvalue weighted by Crippen LogP contribution is -2.45. The van der Waals surface area contributed by atoms with Crippen LogP contribution >= 0.6 is 0 Å². The fourth-order valence-corrected chi connectivity index (χ4v) is 2.40. The normalized spacial score (nSPS) is 18.1. The highest BCUT2D eigenvalue weighted by Gasteiger charge is 2.21. The Morgan fingerprint density at radius 3 is 2.48 bits per heavy atom. The number of nitrogens with zero attached hydrogens (tertiary/aromatic N) is 1. The smallest absolute Gasteiger partial charge is 0.320 e. The van der Waals surface area contributed by atoms with Crippen LogP contribution in [0.25, 0.3) is 0 Å². The maximum atomic E-state index is 11.8. The van der Waals surface area contributed by atoms with Crippen LogP contribution in [0.5, 0.6) is 0 Å². The lowest BCUT2D eigenvalue weighted by molar-refractivity contribution is -0.138. The average Bonchev–Trinajstić information content (AvgIpc) is 2.40. The Balaban J connectivity index is 2.16. The molecular weight excluding hydrogens is 274 g/mol. The molecule has 0 aromatic rings. The van der Waals surface area contributed by atoms with Crippen molar-refractivity contribution in [2.45, 2.75) is 44.2 Å². The molecule has 1 rings (SSSR count). The lowest BCUT2D eigenvalue weighted by Gasteiger charge is -2.32. The predicted molar refractivity (Wildman–Crippen MR) is 78.8 cm³/mol. The number of piperidine rings is 1. The van der Waals surface area contributed by atoms with Gasteiger partial charge in [0.25, 0.3) is 0 Å². The fraction of sp³-hybridized carbons (Fsp3) is 0.714. The number of aliphatic hydroxyl groups is 1. The molecule has 1 atom stereocenters. The molecule has 1 heterocycles. The summed E-state index contributed by atoms with van der Waals surface area (Å²) in [7, 11) is 0. The van der Waals surface area contributed by atoms with Crippen LogP contribution < -0.4 is 11.1 Å². The molecule has 0 saturated carbocycles. The van der Waals surface area contributed by atoms with Gasteiger partial charge in [-0.1, -0.05) is 6.58 Å². The highest BCUT2D eigenvalue weighted by Crippen LogP contribution is 2.11. The van der Waals surface area contributed by atoms with Gasteiger partial charge in [0.05, 0.1) is 12.3 Å². The molecule has 0 bridgehead atoms. The van der Waals surface area contributed by atoms with E-state index < -0.39 is 12.0 Å². The van der Waals surface area contributed by atoms with Gasteiger partial charge in [0.2, 0.25) is 5.91 Å². The Morgan fingerprint density at radius 1 is 1.33 bits per heavy atom. The zero-order chi connectivity index (χ0) is 15.8. The number of aliphatic carboxylic acids is 1. The van der Waals surface area contributed by atoms with Crippen molar-refractivity contribution < 1.29 is 19.8 Å². The molecule has 0 spiro atoms. The third-order valence-corrected chi connectivity index (χ3v) is 3.59. The molecule has 120 valence electrons. The van der Waals surface area contributed by atoms with Crippen molar-refractivity contribution in [1.29, 1.82) is 0 Å². The van der Waals surface area contributed by atoms with Crippen LogP contribution in [-0.4, -0.2) is 58.7 Å². The molecule has 1 aliphatic rings. The van der Waals surface area contributed by atoms with Crippen LogP contribution in [0.2, 0.25) is 0 Å². The van der Waals surface area contributed by atoms with Crippen molar-refractivity contribution in [3.8, 4) is 0 Å². The summed E-state index contributed by atoms with van der Waals surface area (Å²) in [5.41, 5.74) is 5.38. The molecule has 0 aromatic heterocycles. The number of carboxylic acids is 1. The number of likely N-dealkylation sites (tertiary alicyclic amines) is 1. The molecule has 0 unspecified atom stereocenters. The Hall–Kier alpha value is -1.60. The standard InChI is InChI=1S/C14H25N3O4/c1-10(18)9-17-7-5-11(6-8-17)16-13(19)4-2-3-12(15)14(20)21/h11-12,18H,1-9,15H2,(H,16,19)(H,20,21)/t12-/m1/s1. The maximum Gasteiger partial charge on any atom is 0.320 e. The summed E-state index contributed by atoms with van der Waals surface area (Å²) >= 11 is 0. The molecule has 1 fully saturated rings. The summed E-state index contributed by atoms with van der Waals surface area (Å²) in [6.45, 7) is 5.58. The van der Waals surface area contributed by atoms with Crippen molar-refractivity contribution in [3.63, 3.8) is 0 Å². The second-order valence-corrected chi connectivity index (χ2v) is 5.52. The van der Waals surface area contributed by atoms with E-state index in [4.69, 9.17) is 15.9 Å². The van der Waals surface area contributed by atoms with Crippen LogP contribution in [0, 0.1) is 0 Å². The summed E-state index contributed by atoms with van der Waals surface area (Å²) in [6.07, 6.45) is 2.76. The van der Waals surface area contributed by atoms with Crippen molar-refractivity contribution in [3.05, 3.63) is 12.3 Å². The van der Waals surface area contributed by atoms with E-state index in [2.05, 4.69) is 16.8 Å². The minimum atomic E-state index is -1.03.